The molecule has 0 radical (unpaired) electrons. The van der Waals surface area contributed by atoms with Gasteiger partial charge in [-0.2, -0.15) is 0 Å². The third-order valence-corrected chi connectivity index (χ3v) is 4.68. The van der Waals surface area contributed by atoms with Gasteiger partial charge < -0.3 is 19.6 Å². The van der Waals surface area contributed by atoms with Crippen LogP contribution in [-0.4, -0.2) is 66.0 Å². The van der Waals surface area contributed by atoms with Gasteiger partial charge in [0, 0.05) is 26.7 Å². The first-order valence-electron chi connectivity index (χ1n) is 7.69. The van der Waals surface area contributed by atoms with Crippen LogP contribution in [0.5, 0.6) is 0 Å². The molecule has 2 rings (SSSR count). The Morgan fingerprint density at radius 1 is 1.32 bits per heavy atom. The Bertz CT molecular complexity index is 463. The molecule has 8 heteroatoms. The fraction of sp³-hybridized carbons (Fsp3) is 0.786. The number of aromatic nitrogens is 2. The number of ether oxygens (including phenoxy) is 1. The van der Waals surface area contributed by atoms with Gasteiger partial charge in [-0.05, 0) is 25.9 Å². The topological polar surface area (TPSA) is 78.8 Å². The minimum Gasteiger partial charge on any atom is -0.481 e. The van der Waals surface area contributed by atoms with Crippen LogP contribution in [0.3, 0.4) is 0 Å². The monoisotopic (exact) mass is 328 g/mol. The summed E-state index contributed by atoms with van der Waals surface area (Å²) in [6.07, 6.45) is 3.94. The summed E-state index contributed by atoms with van der Waals surface area (Å²) in [6.45, 7) is 4.91. The molecule has 1 N–H and O–H groups in total. The predicted octanol–water partition coefficient (Wildman–Crippen LogP) is 1.45. The molecular formula is C14H24N4O3S. The molecule has 1 fully saturated rings. The summed E-state index contributed by atoms with van der Waals surface area (Å²) in [4.78, 5) is 15.3. The number of carboxylic acid groups (broad SMARTS) is 1. The van der Waals surface area contributed by atoms with E-state index < -0.39 is 5.97 Å². The number of hydrogen-bond acceptors (Lipinski definition) is 7. The molecule has 0 saturated carbocycles. The number of methoxy groups -OCH3 is 1. The quantitative estimate of drug-likeness (QED) is 0.735. The second-order valence-electron chi connectivity index (χ2n) is 5.44. The van der Waals surface area contributed by atoms with E-state index in [2.05, 4.69) is 15.1 Å². The summed E-state index contributed by atoms with van der Waals surface area (Å²) in [6, 6.07) is 0. The van der Waals surface area contributed by atoms with Gasteiger partial charge in [0.25, 0.3) is 0 Å². The Kier molecular flexibility index (Phi) is 7.01. The van der Waals surface area contributed by atoms with Crippen molar-refractivity contribution in [2.75, 3.05) is 44.7 Å². The molecule has 0 aromatic carbocycles. The Morgan fingerprint density at radius 3 is 2.77 bits per heavy atom. The summed E-state index contributed by atoms with van der Waals surface area (Å²) in [7, 11) is 1.62. The van der Waals surface area contributed by atoms with Crippen LogP contribution in [0, 0.1) is 0 Å². The second-order valence-corrected chi connectivity index (χ2v) is 6.48. The second kappa shape index (κ2) is 9.02. The highest BCUT2D eigenvalue weighted by Crippen LogP contribution is 2.21. The van der Waals surface area contributed by atoms with Gasteiger partial charge in [-0.1, -0.05) is 17.8 Å². The third-order valence-electron chi connectivity index (χ3n) is 3.72. The molecule has 0 bridgehead atoms. The predicted molar refractivity (Wildman–Crippen MR) is 85.4 cm³/mol. The number of aliphatic carboxylic acids is 1. The molecule has 2 heterocycles. The average Bonchev–Trinajstić information content (AvgIpc) is 2.97. The van der Waals surface area contributed by atoms with Crippen LogP contribution in [0.25, 0.3) is 0 Å². The molecular weight excluding hydrogens is 304 g/mol. The minimum atomic E-state index is -0.787. The molecule has 1 aromatic heterocycles. The molecule has 0 aliphatic carbocycles. The van der Waals surface area contributed by atoms with E-state index in [-0.39, 0.29) is 6.42 Å². The van der Waals surface area contributed by atoms with Crippen molar-refractivity contribution in [2.24, 2.45) is 0 Å². The maximum atomic E-state index is 10.9. The molecule has 22 heavy (non-hydrogen) atoms. The number of hydrogen-bond donors (Lipinski definition) is 1. The van der Waals surface area contributed by atoms with E-state index in [1.54, 1.807) is 7.11 Å². The minimum absolute atomic E-state index is 0.110. The zero-order valence-electron chi connectivity index (χ0n) is 13.0. The first kappa shape index (κ1) is 17.1. The lowest BCUT2D eigenvalue weighted by atomic mass is 10.1. The van der Waals surface area contributed by atoms with Crippen molar-refractivity contribution >= 4 is 22.4 Å². The van der Waals surface area contributed by atoms with Crippen molar-refractivity contribution in [1.82, 2.24) is 15.1 Å². The highest BCUT2D eigenvalue weighted by atomic mass is 32.1. The van der Waals surface area contributed by atoms with E-state index in [1.807, 2.05) is 4.90 Å². The summed E-state index contributed by atoms with van der Waals surface area (Å²) in [5, 5.41) is 18.8. The lowest BCUT2D eigenvalue weighted by Gasteiger charge is -2.29. The van der Waals surface area contributed by atoms with Crippen LogP contribution in [0.15, 0.2) is 0 Å². The lowest BCUT2D eigenvalue weighted by Crippen LogP contribution is -2.38. The van der Waals surface area contributed by atoms with E-state index in [4.69, 9.17) is 9.84 Å². The molecule has 0 spiro atoms. The molecule has 0 unspecified atom stereocenters. The summed E-state index contributed by atoms with van der Waals surface area (Å²) in [5.41, 5.74) is 0. The van der Waals surface area contributed by atoms with Gasteiger partial charge >= 0.3 is 5.97 Å². The van der Waals surface area contributed by atoms with Crippen LogP contribution in [-0.2, 0) is 16.1 Å². The van der Waals surface area contributed by atoms with Gasteiger partial charge in [0.05, 0.1) is 6.42 Å². The zero-order valence-corrected chi connectivity index (χ0v) is 13.8. The van der Waals surface area contributed by atoms with Gasteiger partial charge in [0.15, 0.2) is 0 Å². The zero-order chi connectivity index (χ0) is 15.8. The SMILES string of the molecule is COCc1nnc(N(CCC(=O)O)CCN2CCCCC2)s1. The number of likely N-dealkylation sites (tertiary alicyclic amines) is 1. The third kappa shape index (κ3) is 5.51. The fourth-order valence-corrected chi connectivity index (χ4v) is 3.40. The summed E-state index contributed by atoms with van der Waals surface area (Å²) < 4.78 is 5.06. The van der Waals surface area contributed by atoms with Crippen LogP contribution >= 0.6 is 11.3 Å². The first-order chi connectivity index (χ1) is 10.7. The van der Waals surface area contributed by atoms with Gasteiger partial charge in [0.2, 0.25) is 5.13 Å². The van der Waals surface area contributed by atoms with Gasteiger partial charge in [-0.25, -0.2) is 0 Å². The van der Waals surface area contributed by atoms with E-state index >= 15 is 0 Å². The van der Waals surface area contributed by atoms with Gasteiger partial charge in [0.1, 0.15) is 11.6 Å². The highest BCUT2D eigenvalue weighted by molar-refractivity contribution is 7.15. The standard InChI is InChI=1S/C14H24N4O3S/c1-21-11-12-15-16-14(22-12)18(8-5-13(19)20)10-9-17-6-3-2-4-7-17/h2-11H2,1H3,(H,19,20). The Balaban J connectivity index is 1.92. The molecule has 7 nitrogen and oxygen atoms in total. The number of anilines is 1. The first-order valence-corrected chi connectivity index (χ1v) is 8.51. The average molecular weight is 328 g/mol. The molecule has 124 valence electrons. The van der Waals surface area contributed by atoms with Crippen molar-refractivity contribution < 1.29 is 14.6 Å². The molecule has 0 amide bonds. The molecule has 1 aromatic rings. The van der Waals surface area contributed by atoms with E-state index in [1.165, 1.54) is 30.6 Å². The molecule has 0 atom stereocenters. The van der Waals surface area contributed by atoms with E-state index in [9.17, 15) is 4.79 Å². The molecule has 1 aliphatic rings. The van der Waals surface area contributed by atoms with Crippen molar-refractivity contribution in [1.29, 1.82) is 0 Å². The number of nitrogens with zero attached hydrogens (tertiary/aromatic N) is 4. The maximum Gasteiger partial charge on any atom is 0.305 e. The number of rotatable bonds is 9. The van der Waals surface area contributed by atoms with Crippen LogP contribution in [0.4, 0.5) is 5.13 Å². The van der Waals surface area contributed by atoms with Gasteiger partial charge in [-0.15, -0.1) is 10.2 Å². The van der Waals surface area contributed by atoms with Crippen LogP contribution < -0.4 is 4.90 Å². The van der Waals surface area contributed by atoms with Crippen LogP contribution in [0.2, 0.25) is 0 Å². The smallest absolute Gasteiger partial charge is 0.305 e. The largest absolute Gasteiger partial charge is 0.481 e. The Labute approximate surface area is 134 Å². The van der Waals surface area contributed by atoms with Crippen LogP contribution in [0.1, 0.15) is 30.7 Å². The molecule has 1 saturated heterocycles. The summed E-state index contributed by atoms with van der Waals surface area (Å²) in [5.74, 6) is -0.787. The van der Waals surface area contributed by atoms with Crippen molar-refractivity contribution in [3.05, 3.63) is 5.01 Å². The number of carbonyl (C=O) groups is 1. The number of piperidine rings is 1. The van der Waals surface area contributed by atoms with Crippen molar-refractivity contribution in [3.63, 3.8) is 0 Å². The van der Waals surface area contributed by atoms with E-state index in [0.29, 0.717) is 13.2 Å². The van der Waals surface area contributed by atoms with Crippen molar-refractivity contribution in [3.8, 4) is 0 Å². The Hall–Kier alpha value is -1.25. The fourth-order valence-electron chi connectivity index (χ4n) is 2.53. The summed E-state index contributed by atoms with van der Waals surface area (Å²) >= 11 is 1.47. The lowest BCUT2D eigenvalue weighted by molar-refractivity contribution is -0.136. The van der Waals surface area contributed by atoms with Crippen molar-refractivity contribution in [2.45, 2.75) is 32.3 Å². The Morgan fingerprint density at radius 2 is 2.09 bits per heavy atom. The maximum absolute atomic E-state index is 10.9. The highest BCUT2D eigenvalue weighted by Gasteiger charge is 2.16. The van der Waals surface area contributed by atoms with Gasteiger partial charge in [-0.3, -0.25) is 4.79 Å². The number of carboxylic acids is 1. The normalized spacial score (nSPS) is 15.9. The molecule has 1 aliphatic heterocycles. The van der Waals surface area contributed by atoms with E-state index in [0.717, 1.165) is 36.3 Å².